The van der Waals surface area contributed by atoms with Gasteiger partial charge in [-0.05, 0) is 38.4 Å². The van der Waals surface area contributed by atoms with E-state index in [0.29, 0.717) is 19.0 Å². The lowest BCUT2D eigenvalue weighted by Crippen LogP contribution is -2.36. The quantitative estimate of drug-likeness (QED) is 0.533. The van der Waals surface area contributed by atoms with Crippen molar-refractivity contribution in [2.24, 2.45) is 5.92 Å². The molecule has 6 heteroatoms. The average Bonchev–Trinajstić information content (AvgIpc) is 2.26. The summed E-state index contributed by atoms with van der Waals surface area (Å²) >= 11 is 0. The van der Waals surface area contributed by atoms with E-state index in [9.17, 15) is 8.42 Å². The summed E-state index contributed by atoms with van der Waals surface area (Å²) in [5.74, 6) is 0.870. The van der Waals surface area contributed by atoms with E-state index in [0.717, 1.165) is 19.6 Å². The van der Waals surface area contributed by atoms with Crippen LogP contribution in [0.15, 0.2) is 0 Å². The Morgan fingerprint density at radius 3 is 2.62 bits per heavy atom. The lowest BCUT2D eigenvalue weighted by Gasteiger charge is -2.22. The highest BCUT2D eigenvalue weighted by Crippen LogP contribution is 2.09. The van der Waals surface area contributed by atoms with Crippen LogP contribution in [0, 0.1) is 5.92 Å². The summed E-state index contributed by atoms with van der Waals surface area (Å²) in [5, 5.41) is 6.54. The minimum atomic E-state index is -3.06. The molecule has 0 aromatic heterocycles. The maximum absolute atomic E-state index is 11.3. The highest BCUT2D eigenvalue weighted by Gasteiger charge is 2.13. The fourth-order valence-corrected chi connectivity index (χ4v) is 2.89. The Balaban J connectivity index is 2.06. The Hall–Kier alpha value is -0.170. The van der Waals surface area contributed by atoms with Crippen LogP contribution in [0.1, 0.15) is 19.8 Å². The number of nitrogens with one attached hydrogen (secondary N) is 3. The summed E-state index contributed by atoms with van der Waals surface area (Å²) < 4.78 is 25.1. The molecule has 0 aromatic rings. The van der Waals surface area contributed by atoms with Gasteiger partial charge in [-0.3, -0.25) is 0 Å². The molecule has 0 amide bonds. The molecule has 5 nitrogen and oxygen atoms in total. The molecule has 0 radical (unpaired) electrons. The first-order valence-electron chi connectivity index (χ1n) is 6.03. The Labute approximate surface area is 98.4 Å². The summed E-state index contributed by atoms with van der Waals surface area (Å²) in [6.07, 6.45) is 2.37. The van der Waals surface area contributed by atoms with Crippen LogP contribution in [0.4, 0.5) is 0 Å². The second-order valence-corrected chi connectivity index (χ2v) is 6.14. The molecule has 16 heavy (non-hydrogen) atoms. The van der Waals surface area contributed by atoms with Gasteiger partial charge in [-0.1, -0.05) is 6.92 Å². The zero-order valence-corrected chi connectivity index (χ0v) is 10.8. The van der Waals surface area contributed by atoms with Gasteiger partial charge in [0.1, 0.15) is 0 Å². The molecule has 1 heterocycles. The molecule has 1 fully saturated rings. The Bertz CT molecular complexity index is 274. The summed E-state index contributed by atoms with van der Waals surface area (Å²) in [6, 6.07) is 0. The summed E-state index contributed by atoms with van der Waals surface area (Å²) in [4.78, 5) is 0. The predicted molar refractivity (Wildman–Crippen MR) is 65.9 cm³/mol. The lowest BCUT2D eigenvalue weighted by molar-refractivity contribution is 0.359. The van der Waals surface area contributed by atoms with Crippen LogP contribution in [0.25, 0.3) is 0 Å². The molecule has 0 atom stereocenters. The Morgan fingerprint density at radius 1 is 1.31 bits per heavy atom. The van der Waals surface area contributed by atoms with Crippen LogP contribution >= 0.6 is 0 Å². The van der Waals surface area contributed by atoms with Crippen LogP contribution < -0.4 is 15.4 Å². The fraction of sp³-hybridized carbons (Fsp3) is 1.00. The van der Waals surface area contributed by atoms with Crippen molar-refractivity contribution in [2.75, 3.05) is 38.5 Å². The largest absolute Gasteiger partial charge is 0.317 e. The van der Waals surface area contributed by atoms with E-state index >= 15 is 0 Å². The first-order valence-corrected chi connectivity index (χ1v) is 7.68. The molecule has 1 rings (SSSR count). The molecule has 0 unspecified atom stereocenters. The van der Waals surface area contributed by atoms with Gasteiger partial charge < -0.3 is 10.6 Å². The number of hydrogen-bond acceptors (Lipinski definition) is 4. The van der Waals surface area contributed by atoms with Gasteiger partial charge in [0.05, 0.1) is 5.75 Å². The van der Waals surface area contributed by atoms with Crippen molar-refractivity contribution >= 4 is 10.0 Å². The van der Waals surface area contributed by atoms with Gasteiger partial charge in [-0.25, -0.2) is 13.1 Å². The van der Waals surface area contributed by atoms with Crippen molar-refractivity contribution in [3.8, 4) is 0 Å². The first kappa shape index (κ1) is 13.9. The second-order valence-electron chi connectivity index (χ2n) is 4.21. The van der Waals surface area contributed by atoms with Gasteiger partial charge in [-0.15, -0.1) is 0 Å². The number of sulfonamides is 1. The lowest BCUT2D eigenvalue weighted by atomic mass is 9.98. The maximum Gasteiger partial charge on any atom is 0.212 e. The molecule has 0 saturated carbocycles. The highest BCUT2D eigenvalue weighted by atomic mass is 32.2. The Morgan fingerprint density at radius 2 is 2.00 bits per heavy atom. The molecule has 1 saturated heterocycles. The molecular formula is C10H23N3O2S. The van der Waals surface area contributed by atoms with Crippen LogP contribution in [0.2, 0.25) is 0 Å². The van der Waals surface area contributed by atoms with Crippen LogP contribution in [-0.4, -0.2) is 46.9 Å². The molecule has 0 bridgehead atoms. The van der Waals surface area contributed by atoms with Gasteiger partial charge in [-0.2, -0.15) is 0 Å². The van der Waals surface area contributed by atoms with Gasteiger partial charge in [0.2, 0.25) is 10.0 Å². The maximum atomic E-state index is 11.3. The fourth-order valence-electron chi connectivity index (χ4n) is 1.89. The zero-order valence-electron chi connectivity index (χ0n) is 9.96. The zero-order chi connectivity index (χ0) is 11.9. The number of hydrogen-bond donors (Lipinski definition) is 3. The van der Waals surface area contributed by atoms with E-state index in [1.165, 1.54) is 12.8 Å². The van der Waals surface area contributed by atoms with Crippen molar-refractivity contribution in [2.45, 2.75) is 19.8 Å². The molecular weight excluding hydrogens is 226 g/mol. The van der Waals surface area contributed by atoms with E-state index in [1.807, 2.05) is 0 Å². The minimum absolute atomic E-state index is 0.172. The first-order chi connectivity index (χ1) is 7.64. The normalized spacial score (nSPS) is 18.8. The monoisotopic (exact) mass is 249 g/mol. The molecule has 96 valence electrons. The highest BCUT2D eigenvalue weighted by molar-refractivity contribution is 7.89. The Kier molecular flexibility index (Phi) is 6.26. The third kappa shape index (κ3) is 5.79. The molecule has 3 N–H and O–H groups in total. The van der Waals surface area contributed by atoms with Crippen molar-refractivity contribution < 1.29 is 8.42 Å². The second kappa shape index (κ2) is 7.21. The topological polar surface area (TPSA) is 70.2 Å². The summed E-state index contributed by atoms with van der Waals surface area (Å²) in [6.45, 7) is 5.91. The van der Waals surface area contributed by atoms with Gasteiger partial charge in [0.15, 0.2) is 0 Å². The van der Waals surface area contributed by atoms with E-state index in [-0.39, 0.29) is 5.75 Å². The summed E-state index contributed by atoms with van der Waals surface area (Å²) in [5.41, 5.74) is 0. The van der Waals surface area contributed by atoms with Crippen molar-refractivity contribution in [1.29, 1.82) is 0 Å². The third-order valence-electron chi connectivity index (χ3n) is 2.80. The molecule has 1 aliphatic heterocycles. The number of rotatable bonds is 7. The van der Waals surface area contributed by atoms with E-state index < -0.39 is 10.0 Å². The molecule has 1 aliphatic rings. The third-order valence-corrected chi connectivity index (χ3v) is 4.27. The standard InChI is InChI=1S/C10H23N3O2S/c1-2-13-16(14,15)8-7-12-9-10-3-5-11-6-4-10/h10-13H,2-9H2,1H3. The van der Waals surface area contributed by atoms with Crippen molar-refractivity contribution in [3.05, 3.63) is 0 Å². The van der Waals surface area contributed by atoms with Crippen LogP contribution in [0.3, 0.4) is 0 Å². The summed E-state index contributed by atoms with van der Waals surface area (Å²) in [7, 11) is -3.06. The number of piperidine rings is 1. The van der Waals surface area contributed by atoms with Gasteiger partial charge in [0.25, 0.3) is 0 Å². The van der Waals surface area contributed by atoms with Crippen LogP contribution in [-0.2, 0) is 10.0 Å². The van der Waals surface area contributed by atoms with E-state index in [1.54, 1.807) is 6.92 Å². The smallest absolute Gasteiger partial charge is 0.212 e. The minimum Gasteiger partial charge on any atom is -0.317 e. The average molecular weight is 249 g/mol. The SMILES string of the molecule is CCNS(=O)(=O)CCNCC1CCNCC1. The molecule has 0 aliphatic carbocycles. The molecule has 0 aromatic carbocycles. The van der Waals surface area contributed by atoms with E-state index in [4.69, 9.17) is 0 Å². The van der Waals surface area contributed by atoms with E-state index in [2.05, 4.69) is 15.4 Å². The molecule has 0 spiro atoms. The van der Waals surface area contributed by atoms with Crippen molar-refractivity contribution in [3.63, 3.8) is 0 Å². The van der Waals surface area contributed by atoms with Crippen molar-refractivity contribution in [1.82, 2.24) is 15.4 Å². The predicted octanol–water partition coefficient (Wildman–Crippen LogP) is -0.485. The van der Waals surface area contributed by atoms with Gasteiger partial charge in [0, 0.05) is 13.1 Å². The van der Waals surface area contributed by atoms with Gasteiger partial charge >= 0.3 is 0 Å². The van der Waals surface area contributed by atoms with Crippen LogP contribution in [0.5, 0.6) is 0 Å².